The molecule has 0 bridgehead atoms. The average molecular weight is 296 g/mol. The number of hydrogen-bond acceptors (Lipinski definition) is 5. The number of halogens is 1. The standard InChI is InChI=1S/C12H10ClN3S2/c1-7(11-14-4-5-17-11)15-12-16-9-3-2-8(13)6-10(9)18-12/h2-7H,1H3,(H,15,16). The summed E-state index contributed by atoms with van der Waals surface area (Å²) in [5.41, 5.74) is 0.971. The molecule has 0 spiro atoms. The fraction of sp³-hybridized carbons (Fsp3) is 0.167. The molecule has 1 unspecified atom stereocenters. The lowest BCUT2D eigenvalue weighted by molar-refractivity contribution is 0.868. The van der Waals surface area contributed by atoms with Crippen LogP contribution in [0.1, 0.15) is 18.0 Å². The second-order valence-electron chi connectivity index (χ2n) is 3.87. The van der Waals surface area contributed by atoms with Gasteiger partial charge < -0.3 is 5.32 Å². The Morgan fingerprint density at radius 2 is 2.28 bits per heavy atom. The van der Waals surface area contributed by atoms with Crippen molar-refractivity contribution in [3.05, 3.63) is 39.8 Å². The van der Waals surface area contributed by atoms with Crippen molar-refractivity contribution in [3.63, 3.8) is 0 Å². The third-order valence-corrected chi connectivity index (χ3v) is 4.66. The zero-order valence-corrected chi connectivity index (χ0v) is 11.9. The minimum atomic E-state index is 0.168. The maximum Gasteiger partial charge on any atom is 0.184 e. The van der Waals surface area contributed by atoms with Crippen molar-refractivity contribution in [1.82, 2.24) is 9.97 Å². The molecule has 2 aromatic heterocycles. The van der Waals surface area contributed by atoms with Crippen LogP contribution in [-0.2, 0) is 0 Å². The first kappa shape index (κ1) is 11.9. The van der Waals surface area contributed by atoms with Crippen LogP contribution in [0.2, 0.25) is 5.02 Å². The second-order valence-corrected chi connectivity index (χ2v) is 6.26. The molecule has 2 heterocycles. The van der Waals surface area contributed by atoms with Gasteiger partial charge in [-0.3, -0.25) is 0 Å². The summed E-state index contributed by atoms with van der Waals surface area (Å²) in [6.45, 7) is 2.08. The number of benzene rings is 1. The van der Waals surface area contributed by atoms with Gasteiger partial charge in [0.05, 0.1) is 16.3 Å². The highest BCUT2D eigenvalue weighted by Gasteiger charge is 2.11. The summed E-state index contributed by atoms with van der Waals surface area (Å²) in [6, 6.07) is 5.90. The van der Waals surface area contributed by atoms with Gasteiger partial charge >= 0.3 is 0 Å². The van der Waals surface area contributed by atoms with Crippen LogP contribution in [0.25, 0.3) is 10.2 Å². The monoisotopic (exact) mass is 295 g/mol. The predicted molar refractivity (Wildman–Crippen MR) is 78.8 cm³/mol. The molecule has 0 aliphatic rings. The molecule has 0 amide bonds. The van der Waals surface area contributed by atoms with E-state index < -0.39 is 0 Å². The molecule has 1 atom stereocenters. The van der Waals surface area contributed by atoms with Gasteiger partial charge in [0.15, 0.2) is 5.13 Å². The number of anilines is 1. The molecule has 3 nitrogen and oxygen atoms in total. The van der Waals surface area contributed by atoms with E-state index >= 15 is 0 Å². The van der Waals surface area contributed by atoms with Crippen LogP contribution in [0.4, 0.5) is 5.13 Å². The smallest absolute Gasteiger partial charge is 0.184 e. The number of fused-ring (bicyclic) bond motifs is 1. The lowest BCUT2D eigenvalue weighted by Gasteiger charge is -2.08. The summed E-state index contributed by atoms with van der Waals surface area (Å²) in [6.07, 6.45) is 1.82. The molecule has 6 heteroatoms. The minimum absolute atomic E-state index is 0.168. The van der Waals surface area contributed by atoms with Crippen LogP contribution in [0.15, 0.2) is 29.8 Å². The van der Waals surface area contributed by atoms with E-state index in [0.29, 0.717) is 0 Å². The number of nitrogens with zero attached hydrogens (tertiary/aromatic N) is 2. The van der Waals surface area contributed by atoms with Gasteiger partial charge in [0.25, 0.3) is 0 Å². The van der Waals surface area contributed by atoms with Crippen molar-refractivity contribution in [2.75, 3.05) is 5.32 Å². The fourth-order valence-corrected chi connectivity index (χ4v) is 3.53. The average Bonchev–Trinajstić information content (AvgIpc) is 2.95. The minimum Gasteiger partial charge on any atom is -0.353 e. The van der Waals surface area contributed by atoms with Crippen molar-refractivity contribution in [2.24, 2.45) is 0 Å². The first-order valence-corrected chi connectivity index (χ1v) is 7.52. The Labute approximate surface area is 117 Å². The third-order valence-electron chi connectivity index (χ3n) is 2.51. The highest BCUT2D eigenvalue weighted by atomic mass is 35.5. The molecule has 0 aliphatic carbocycles. The maximum absolute atomic E-state index is 5.97. The number of nitrogens with one attached hydrogen (secondary N) is 1. The highest BCUT2D eigenvalue weighted by Crippen LogP contribution is 2.30. The van der Waals surface area contributed by atoms with Gasteiger partial charge in [0, 0.05) is 16.6 Å². The lowest BCUT2D eigenvalue weighted by Crippen LogP contribution is -2.05. The Morgan fingerprint density at radius 3 is 3.06 bits per heavy atom. The summed E-state index contributed by atoms with van der Waals surface area (Å²) in [4.78, 5) is 8.82. The topological polar surface area (TPSA) is 37.8 Å². The van der Waals surface area contributed by atoms with Crippen molar-refractivity contribution in [2.45, 2.75) is 13.0 Å². The summed E-state index contributed by atoms with van der Waals surface area (Å²) >= 11 is 9.21. The second kappa shape index (κ2) is 4.84. The molecule has 0 radical (unpaired) electrons. The van der Waals surface area contributed by atoms with Crippen LogP contribution in [0.3, 0.4) is 0 Å². The Balaban J connectivity index is 1.86. The fourth-order valence-electron chi connectivity index (χ4n) is 1.66. The van der Waals surface area contributed by atoms with Crippen LogP contribution in [0.5, 0.6) is 0 Å². The SMILES string of the molecule is CC(Nc1nc2ccc(Cl)cc2s1)c1nccs1. The zero-order valence-electron chi connectivity index (χ0n) is 9.55. The summed E-state index contributed by atoms with van der Waals surface area (Å²) in [5.74, 6) is 0. The van der Waals surface area contributed by atoms with Crippen LogP contribution >= 0.6 is 34.3 Å². The zero-order chi connectivity index (χ0) is 12.5. The Hall–Kier alpha value is -1.17. The maximum atomic E-state index is 5.97. The molecular formula is C12H10ClN3S2. The Kier molecular flexibility index (Phi) is 3.20. The van der Waals surface area contributed by atoms with Crippen LogP contribution in [-0.4, -0.2) is 9.97 Å². The molecule has 0 fully saturated rings. The van der Waals surface area contributed by atoms with Gasteiger partial charge in [0.2, 0.25) is 0 Å². The lowest BCUT2D eigenvalue weighted by atomic mass is 10.3. The molecule has 0 saturated heterocycles. The predicted octanol–water partition coefficient (Wildman–Crippen LogP) is 4.58. The van der Waals surface area contributed by atoms with Gasteiger partial charge in [0.1, 0.15) is 5.01 Å². The first-order valence-electron chi connectivity index (χ1n) is 5.44. The van der Waals surface area contributed by atoms with E-state index in [1.807, 2.05) is 29.8 Å². The van der Waals surface area contributed by atoms with E-state index in [9.17, 15) is 0 Å². The van der Waals surface area contributed by atoms with Crippen LogP contribution in [0, 0.1) is 0 Å². The van der Waals surface area contributed by atoms with Crippen LogP contribution < -0.4 is 5.32 Å². The first-order chi connectivity index (χ1) is 8.72. The largest absolute Gasteiger partial charge is 0.353 e. The third kappa shape index (κ3) is 2.34. The van der Waals surface area contributed by atoms with E-state index in [0.717, 1.165) is 25.4 Å². The molecule has 1 N–H and O–H groups in total. The molecule has 0 saturated carbocycles. The van der Waals surface area contributed by atoms with Crippen molar-refractivity contribution >= 4 is 49.6 Å². The molecular weight excluding hydrogens is 286 g/mol. The number of hydrogen-bond donors (Lipinski definition) is 1. The quantitative estimate of drug-likeness (QED) is 0.768. The van der Waals surface area contributed by atoms with E-state index in [-0.39, 0.29) is 6.04 Å². The number of rotatable bonds is 3. The Morgan fingerprint density at radius 1 is 1.39 bits per heavy atom. The van der Waals surface area contributed by atoms with Gasteiger partial charge in [-0.1, -0.05) is 22.9 Å². The van der Waals surface area contributed by atoms with E-state index in [1.54, 1.807) is 22.7 Å². The van der Waals surface area contributed by atoms with Gasteiger partial charge in [-0.25, -0.2) is 9.97 Å². The Bertz CT molecular complexity index is 663. The number of aromatic nitrogens is 2. The molecule has 18 heavy (non-hydrogen) atoms. The van der Waals surface area contributed by atoms with Crippen molar-refractivity contribution in [3.8, 4) is 0 Å². The molecule has 92 valence electrons. The van der Waals surface area contributed by atoms with Crippen molar-refractivity contribution < 1.29 is 0 Å². The summed E-state index contributed by atoms with van der Waals surface area (Å²) < 4.78 is 1.09. The molecule has 0 aliphatic heterocycles. The number of thiazole rings is 2. The van der Waals surface area contributed by atoms with Gasteiger partial charge in [-0.05, 0) is 25.1 Å². The van der Waals surface area contributed by atoms with Gasteiger partial charge in [-0.2, -0.15) is 0 Å². The van der Waals surface area contributed by atoms with E-state index in [4.69, 9.17) is 11.6 Å². The molecule has 1 aromatic carbocycles. The van der Waals surface area contributed by atoms with E-state index in [2.05, 4.69) is 22.2 Å². The van der Waals surface area contributed by atoms with Crippen molar-refractivity contribution in [1.29, 1.82) is 0 Å². The summed E-state index contributed by atoms with van der Waals surface area (Å²) in [5, 5.41) is 8.05. The summed E-state index contributed by atoms with van der Waals surface area (Å²) in [7, 11) is 0. The van der Waals surface area contributed by atoms with E-state index in [1.165, 1.54) is 0 Å². The normalized spacial score (nSPS) is 12.8. The molecule has 3 rings (SSSR count). The van der Waals surface area contributed by atoms with Gasteiger partial charge in [-0.15, -0.1) is 11.3 Å². The molecule has 3 aromatic rings. The highest BCUT2D eigenvalue weighted by molar-refractivity contribution is 7.22.